The van der Waals surface area contributed by atoms with E-state index in [0.29, 0.717) is 0 Å². The van der Waals surface area contributed by atoms with Crippen LogP contribution in [0.2, 0.25) is 0 Å². The molecular weight excluding hydrogens is 178 g/mol. The lowest BCUT2D eigenvalue weighted by Crippen LogP contribution is -2.60. The van der Waals surface area contributed by atoms with Crippen molar-refractivity contribution in [1.29, 1.82) is 0 Å². The number of rotatable bonds is 2. The van der Waals surface area contributed by atoms with Gasteiger partial charge in [-0.25, -0.2) is 0 Å². The Morgan fingerprint density at radius 3 is 2.00 bits per heavy atom. The molecule has 1 fully saturated rings. The molecule has 6 heteroatoms. The third kappa shape index (κ3) is 1.98. The predicted molar refractivity (Wildman–Crippen MR) is 42.8 cm³/mol. The Bertz CT molecular complexity index is 147. The summed E-state index contributed by atoms with van der Waals surface area (Å²) in [7, 11) is 0. The van der Waals surface area contributed by atoms with Gasteiger partial charge in [0.15, 0.2) is 0 Å². The topological polar surface area (TPSA) is 116 Å². The second kappa shape index (κ2) is 4.32. The van der Waals surface area contributed by atoms with E-state index in [4.69, 9.17) is 15.6 Å². The van der Waals surface area contributed by atoms with Crippen LogP contribution in [0.3, 0.4) is 0 Å². The summed E-state index contributed by atoms with van der Waals surface area (Å²) in [6, 6.07) is 0. The van der Waals surface area contributed by atoms with Crippen molar-refractivity contribution in [1.82, 2.24) is 0 Å². The molecule has 5 atom stereocenters. The molecule has 0 saturated carbocycles. The number of ether oxygens (including phenoxy) is 1. The van der Waals surface area contributed by atoms with Gasteiger partial charge in [-0.15, -0.1) is 0 Å². The molecule has 78 valence electrons. The first-order chi connectivity index (χ1) is 6.11. The summed E-state index contributed by atoms with van der Waals surface area (Å²) in [5, 5.41) is 36.7. The van der Waals surface area contributed by atoms with Gasteiger partial charge in [-0.1, -0.05) is 0 Å². The van der Waals surface area contributed by atoms with Gasteiger partial charge >= 0.3 is 0 Å². The molecule has 0 spiro atoms. The molecule has 0 aromatic heterocycles. The lowest BCUT2D eigenvalue weighted by molar-refractivity contribution is -0.226. The Hall–Kier alpha value is -0.240. The van der Waals surface area contributed by atoms with Crippen LogP contribution in [0.25, 0.3) is 0 Å². The first-order valence-electron chi connectivity index (χ1n) is 4.12. The summed E-state index contributed by atoms with van der Waals surface area (Å²) in [6.45, 7) is -0.386. The summed E-state index contributed by atoms with van der Waals surface area (Å²) >= 11 is 0. The van der Waals surface area contributed by atoms with Crippen LogP contribution in [-0.4, -0.2) is 64.1 Å². The summed E-state index contributed by atoms with van der Waals surface area (Å²) < 4.78 is 5.04. The van der Waals surface area contributed by atoms with E-state index in [2.05, 4.69) is 0 Å². The maximum atomic E-state index is 9.32. The molecule has 1 aliphatic rings. The zero-order valence-electron chi connectivity index (χ0n) is 7.08. The van der Waals surface area contributed by atoms with Gasteiger partial charge in [0.05, 0.1) is 12.7 Å². The zero-order chi connectivity index (χ0) is 10.0. The minimum absolute atomic E-state index is 0.0292. The number of hydrogen-bond acceptors (Lipinski definition) is 6. The predicted octanol–water partition coefficient (Wildman–Crippen LogP) is -3.21. The van der Waals surface area contributed by atoms with Gasteiger partial charge in [-0.3, -0.25) is 0 Å². The van der Waals surface area contributed by atoms with Crippen LogP contribution >= 0.6 is 0 Å². The second-order valence-electron chi connectivity index (χ2n) is 3.10. The highest BCUT2D eigenvalue weighted by Gasteiger charge is 2.42. The fourth-order valence-corrected chi connectivity index (χ4v) is 1.37. The van der Waals surface area contributed by atoms with E-state index in [0.717, 1.165) is 0 Å². The first kappa shape index (κ1) is 10.8. The Morgan fingerprint density at radius 2 is 1.54 bits per heavy atom. The van der Waals surface area contributed by atoms with Crippen molar-refractivity contribution >= 4 is 0 Å². The minimum atomic E-state index is -1.32. The molecular formula is C7H15NO5. The summed E-state index contributed by atoms with van der Waals surface area (Å²) in [5.74, 6) is 0. The van der Waals surface area contributed by atoms with Gasteiger partial charge in [0.25, 0.3) is 0 Å². The normalized spacial score (nSPS) is 46.4. The lowest BCUT2D eigenvalue weighted by Gasteiger charge is -2.39. The fourth-order valence-electron chi connectivity index (χ4n) is 1.37. The molecule has 13 heavy (non-hydrogen) atoms. The van der Waals surface area contributed by atoms with E-state index in [1.807, 2.05) is 0 Å². The largest absolute Gasteiger partial charge is 0.394 e. The number of hydrogen-bond donors (Lipinski definition) is 5. The lowest BCUT2D eigenvalue weighted by atomic mass is 9.95. The van der Waals surface area contributed by atoms with E-state index < -0.39 is 37.1 Å². The van der Waals surface area contributed by atoms with Gasteiger partial charge in [0.2, 0.25) is 0 Å². The van der Waals surface area contributed by atoms with Gasteiger partial charge in [0.1, 0.15) is 24.4 Å². The van der Waals surface area contributed by atoms with E-state index >= 15 is 0 Å². The molecule has 1 rings (SSSR count). The third-order valence-electron chi connectivity index (χ3n) is 2.22. The molecule has 0 aliphatic carbocycles. The minimum Gasteiger partial charge on any atom is -0.394 e. The first-order valence-corrected chi connectivity index (χ1v) is 4.12. The molecule has 1 heterocycles. The van der Waals surface area contributed by atoms with Crippen molar-refractivity contribution in [3.8, 4) is 0 Å². The van der Waals surface area contributed by atoms with Crippen LogP contribution in [0.5, 0.6) is 0 Å². The highest BCUT2D eigenvalue weighted by molar-refractivity contribution is 4.92. The SMILES string of the molecule is NCC1O[C@H](CO)[C@H](O)[C@H](O)[C@H]1O. The highest BCUT2D eigenvalue weighted by Crippen LogP contribution is 2.20. The number of nitrogens with two attached hydrogens (primary N) is 1. The third-order valence-corrected chi connectivity index (χ3v) is 2.22. The zero-order valence-corrected chi connectivity index (χ0v) is 7.08. The van der Waals surface area contributed by atoms with Crippen LogP contribution in [0, 0.1) is 0 Å². The van der Waals surface area contributed by atoms with Gasteiger partial charge < -0.3 is 30.9 Å². The van der Waals surface area contributed by atoms with Gasteiger partial charge in [0, 0.05) is 6.54 Å². The molecule has 1 aliphatic heterocycles. The second-order valence-corrected chi connectivity index (χ2v) is 3.10. The maximum Gasteiger partial charge on any atom is 0.111 e. The molecule has 0 aromatic rings. The average Bonchev–Trinajstić information content (AvgIpc) is 2.15. The molecule has 6 nitrogen and oxygen atoms in total. The Labute approximate surface area is 75.6 Å². The molecule has 1 saturated heterocycles. The molecule has 0 radical (unpaired) electrons. The van der Waals surface area contributed by atoms with E-state index in [1.165, 1.54) is 0 Å². The molecule has 1 unspecified atom stereocenters. The van der Waals surface area contributed by atoms with Crippen molar-refractivity contribution < 1.29 is 25.2 Å². The van der Waals surface area contributed by atoms with Crippen molar-refractivity contribution in [2.75, 3.05) is 13.2 Å². The van der Waals surface area contributed by atoms with Crippen molar-refractivity contribution in [3.05, 3.63) is 0 Å². The number of aliphatic hydroxyl groups is 4. The van der Waals surface area contributed by atoms with E-state index in [-0.39, 0.29) is 6.54 Å². The van der Waals surface area contributed by atoms with E-state index in [9.17, 15) is 15.3 Å². The van der Waals surface area contributed by atoms with Crippen LogP contribution in [-0.2, 0) is 4.74 Å². The summed E-state index contributed by atoms with van der Waals surface area (Å²) in [4.78, 5) is 0. The smallest absolute Gasteiger partial charge is 0.111 e. The molecule has 0 aromatic carbocycles. The Balaban J connectivity index is 2.66. The van der Waals surface area contributed by atoms with Crippen molar-refractivity contribution in [3.63, 3.8) is 0 Å². The van der Waals surface area contributed by atoms with Crippen LogP contribution in [0.1, 0.15) is 0 Å². The summed E-state index contributed by atoms with van der Waals surface area (Å²) in [5.41, 5.74) is 5.26. The van der Waals surface area contributed by atoms with Crippen LogP contribution < -0.4 is 5.73 Å². The quantitative estimate of drug-likeness (QED) is 0.315. The standard InChI is InChI=1S/C7H15NO5/c8-1-3-5(10)7(12)6(11)4(2-9)13-3/h3-7,9-12H,1-2,8H2/t3?,4-,5+,6+,7-/m1/s1. The van der Waals surface area contributed by atoms with Gasteiger partial charge in [-0.2, -0.15) is 0 Å². The summed E-state index contributed by atoms with van der Waals surface area (Å²) in [6.07, 6.45) is -5.42. The Morgan fingerprint density at radius 1 is 1.00 bits per heavy atom. The van der Waals surface area contributed by atoms with Gasteiger partial charge in [-0.05, 0) is 0 Å². The number of aliphatic hydroxyl groups excluding tert-OH is 4. The highest BCUT2D eigenvalue weighted by atomic mass is 16.5. The molecule has 0 bridgehead atoms. The Kier molecular flexibility index (Phi) is 3.60. The van der Waals surface area contributed by atoms with Crippen LogP contribution in [0.4, 0.5) is 0 Å². The van der Waals surface area contributed by atoms with Crippen molar-refractivity contribution in [2.24, 2.45) is 5.73 Å². The monoisotopic (exact) mass is 193 g/mol. The molecule has 0 amide bonds. The van der Waals surface area contributed by atoms with Crippen molar-refractivity contribution in [2.45, 2.75) is 30.5 Å². The maximum absolute atomic E-state index is 9.32. The average molecular weight is 193 g/mol. The molecule has 6 N–H and O–H groups in total. The van der Waals surface area contributed by atoms with Crippen LogP contribution in [0.15, 0.2) is 0 Å². The fraction of sp³-hybridized carbons (Fsp3) is 1.00. The van der Waals surface area contributed by atoms with E-state index in [1.54, 1.807) is 0 Å².